The van der Waals surface area contributed by atoms with Crippen molar-refractivity contribution in [3.63, 3.8) is 0 Å². The molecule has 2 heterocycles. The lowest BCUT2D eigenvalue weighted by molar-refractivity contribution is 0.776. The number of hydrogen-bond acceptors (Lipinski definition) is 3. The third-order valence-electron chi connectivity index (χ3n) is 4.40. The lowest BCUT2D eigenvalue weighted by Gasteiger charge is -2.11. The molecule has 0 spiro atoms. The first-order chi connectivity index (χ1) is 12.6. The minimum Gasteiger partial charge on any atom is -0.211 e. The molecule has 0 atom stereocenters. The molecular formula is C22H20N4. The van der Waals surface area contributed by atoms with Crippen molar-refractivity contribution in [3.05, 3.63) is 83.7 Å². The predicted octanol–water partition coefficient (Wildman–Crippen LogP) is 4.92. The van der Waals surface area contributed by atoms with Crippen LogP contribution in [0.2, 0.25) is 0 Å². The smallest absolute Gasteiger partial charge is 0.211 e. The highest BCUT2D eigenvalue weighted by molar-refractivity contribution is 5.70. The fraction of sp³-hybridized carbons (Fsp3) is 0.136. The second-order valence-corrected chi connectivity index (χ2v) is 6.46. The monoisotopic (exact) mass is 340 g/mol. The largest absolute Gasteiger partial charge is 0.251 e. The summed E-state index contributed by atoms with van der Waals surface area (Å²) in [7, 11) is 0. The molecule has 26 heavy (non-hydrogen) atoms. The predicted molar refractivity (Wildman–Crippen MR) is 104 cm³/mol. The van der Waals surface area contributed by atoms with Gasteiger partial charge in [0.25, 0.3) is 5.95 Å². The Morgan fingerprint density at radius 3 is 2.12 bits per heavy atom. The molecule has 0 amide bonds. The van der Waals surface area contributed by atoms with Gasteiger partial charge < -0.3 is 0 Å². The molecule has 2 aromatic heterocycles. The van der Waals surface area contributed by atoms with Gasteiger partial charge in [-0.1, -0.05) is 54.6 Å². The van der Waals surface area contributed by atoms with Gasteiger partial charge in [-0.05, 0) is 38.5 Å². The quantitative estimate of drug-likeness (QED) is 0.531. The van der Waals surface area contributed by atoms with E-state index in [0.717, 1.165) is 33.9 Å². The van der Waals surface area contributed by atoms with Crippen LogP contribution in [-0.4, -0.2) is 19.7 Å². The molecule has 0 aliphatic rings. The van der Waals surface area contributed by atoms with Crippen molar-refractivity contribution >= 4 is 0 Å². The van der Waals surface area contributed by atoms with Crippen LogP contribution in [0.1, 0.15) is 17.0 Å². The molecule has 128 valence electrons. The van der Waals surface area contributed by atoms with Crippen LogP contribution in [0.5, 0.6) is 0 Å². The molecule has 0 unspecified atom stereocenters. The average molecular weight is 340 g/mol. The van der Waals surface area contributed by atoms with Crippen LogP contribution in [0.25, 0.3) is 28.5 Å². The minimum atomic E-state index is 0.593. The third kappa shape index (κ3) is 3.02. The molecule has 4 rings (SSSR count). The maximum atomic E-state index is 4.82. The van der Waals surface area contributed by atoms with E-state index in [9.17, 15) is 0 Å². The summed E-state index contributed by atoms with van der Waals surface area (Å²) in [5.41, 5.74) is 7.12. The van der Waals surface area contributed by atoms with Crippen LogP contribution in [-0.2, 0) is 0 Å². The van der Waals surface area contributed by atoms with E-state index in [2.05, 4.69) is 36.3 Å². The Morgan fingerprint density at radius 1 is 0.731 bits per heavy atom. The molecule has 0 radical (unpaired) electrons. The average Bonchev–Trinajstić information content (AvgIpc) is 3.01. The van der Waals surface area contributed by atoms with Crippen molar-refractivity contribution in [2.75, 3.05) is 0 Å². The minimum absolute atomic E-state index is 0.593. The molecule has 2 aromatic carbocycles. The zero-order valence-corrected chi connectivity index (χ0v) is 15.1. The highest BCUT2D eigenvalue weighted by Gasteiger charge is 2.13. The van der Waals surface area contributed by atoms with Gasteiger partial charge in [0, 0.05) is 16.8 Å². The molecule has 4 aromatic rings. The summed E-state index contributed by atoms with van der Waals surface area (Å²) in [6, 6.07) is 22.5. The van der Waals surface area contributed by atoms with Gasteiger partial charge in [-0.25, -0.2) is 14.6 Å². The van der Waals surface area contributed by atoms with Crippen LogP contribution < -0.4 is 0 Å². The zero-order chi connectivity index (χ0) is 18.1. The number of aryl methyl sites for hydroxylation is 3. The summed E-state index contributed by atoms with van der Waals surface area (Å²) >= 11 is 0. The molecular weight excluding hydrogens is 320 g/mol. The normalized spacial score (nSPS) is 10.9. The maximum absolute atomic E-state index is 4.82. The summed E-state index contributed by atoms with van der Waals surface area (Å²) < 4.78 is 1.81. The Bertz CT molecular complexity index is 1060. The van der Waals surface area contributed by atoms with Gasteiger partial charge in [0.1, 0.15) is 0 Å². The molecule has 0 fully saturated rings. The van der Waals surface area contributed by atoms with Crippen LogP contribution in [0.3, 0.4) is 0 Å². The van der Waals surface area contributed by atoms with Gasteiger partial charge in [0.05, 0.1) is 17.1 Å². The van der Waals surface area contributed by atoms with Crippen molar-refractivity contribution in [3.8, 4) is 28.5 Å². The van der Waals surface area contributed by atoms with E-state index >= 15 is 0 Å². The molecule has 0 N–H and O–H groups in total. The Balaban J connectivity index is 1.96. The molecule has 0 aliphatic heterocycles. The molecule has 4 nitrogen and oxygen atoms in total. The van der Waals surface area contributed by atoms with E-state index in [4.69, 9.17) is 9.97 Å². The summed E-state index contributed by atoms with van der Waals surface area (Å²) in [6.45, 7) is 6.10. The third-order valence-corrected chi connectivity index (χ3v) is 4.40. The summed E-state index contributed by atoms with van der Waals surface area (Å²) in [4.78, 5) is 9.62. The first kappa shape index (κ1) is 16.2. The number of benzene rings is 2. The van der Waals surface area contributed by atoms with Crippen LogP contribution in [0.15, 0.2) is 66.7 Å². The molecule has 0 saturated heterocycles. The molecule has 0 bridgehead atoms. The second kappa shape index (κ2) is 6.56. The SMILES string of the molecule is Cc1cc(C)n(-c2nc(-c3ccccc3)cc(-c3ccccc3C)n2)n1. The Morgan fingerprint density at radius 2 is 1.42 bits per heavy atom. The van der Waals surface area contributed by atoms with Crippen LogP contribution >= 0.6 is 0 Å². The summed E-state index contributed by atoms with van der Waals surface area (Å²) in [5.74, 6) is 0.593. The maximum Gasteiger partial charge on any atom is 0.251 e. The van der Waals surface area contributed by atoms with Crippen molar-refractivity contribution in [1.82, 2.24) is 19.7 Å². The second-order valence-electron chi connectivity index (χ2n) is 6.46. The highest BCUT2D eigenvalue weighted by Crippen LogP contribution is 2.27. The van der Waals surface area contributed by atoms with Gasteiger partial charge in [-0.15, -0.1) is 0 Å². The van der Waals surface area contributed by atoms with Crippen molar-refractivity contribution in [1.29, 1.82) is 0 Å². The lowest BCUT2D eigenvalue weighted by Crippen LogP contribution is -2.07. The molecule has 4 heteroatoms. The summed E-state index contributed by atoms with van der Waals surface area (Å²) in [5, 5.41) is 4.56. The number of rotatable bonds is 3. The zero-order valence-electron chi connectivity index (χ0n) is 15.1. The first-order valence-corrected chi connectivity index (χ1v) is 8.66. The van der Waals surface area contributed by atoms with Gasteiger partial charge in [0.15, 0.2) is 0 Å². The van der Waals surface area contributed by atoms with E-state index in [-0.39, 0.29) is 0 Å². The van der Waals surface area contributed by atoms with E-state index in [1.807, 2.05) is 61.0 Å². The Kier molecular flexibility index (Phi) is 4.09. The van der Waals surface area contributed by atoms with Crippen LogP contribution in [0.4, 0.5) is 0 Å². The molecule has 0 aliphatic carbocycles. The summed E-state index contributed by atoms with van der Waals surface area (Å²) in [6.07, 6.45) is 0. The van der Waals surface area contributed by atoms with Crippen molar-refractivity contribution in [2.24, 2.45) is 0 Å². The number of aromatic nitrogens is 4. The fourth-order valence-electron chi connectivity index (χ4n) is 3.12. The topological polar surface area (TPSA) is 43.6 Å². The van der Waals surface area contributed by atoms with Crippen molar-refractivity contribution in [2.45, 2.75) is 20.8 Å². The van der Waals surface area contributed by atoms with Gasteiger partial charge in [0.2, 0.25) is 0 Å². The van der Waals surface area contributed by atoms with E-state index < -0.39 is 0 Å². The number of nitrogens with zero attached hydrogens (tertiary/aromatic N) is 4. The standard InChI is InChI=1S/C22H20N4/c1-15-9-7-8-12-19(15)21-14-20(18-10-5-4-6-11-18)23-22(24-21)26-17(3)13-16(2)25-26/h4-14H,1-3H3. The Hall–Kier alpha value is -3.27. The number of hydrogen-bond donors (Lipinski definition) is 0. The fourth-order valence-corrected chi connectivity index (χ4v) is 3.12. The van der Waals surface area contributed by atoms with E-state index in [0.29, 0.717) is 5.95 Å². The van der Waals surface area contributed by atoms with Crippen molar-refractivity contribution < 1.29 is 0 Å². The molecule has 0 saturated carbocycles. The van der Waals surface area contributed by atoms with Gasteiger partial charge in [-0.2, -0.15) is 5.10 Å². The Labute approximate surface area is 153 Å². The highest BCUT2D eigenvalue weighted by atomic mass is 15.4. The van der Waals surface area contributed by atoms with E-state index in [1.165, 1.54) is 5.56 Å². The lowest BCUT2D eigenvalue weighted by atomic mass is 10.0. The van der Waals surface area contributed by atoms with Gasteiger partial charge in [-0.3, -0.25) is 0 Å². The van der Waals surface area contributed by atoms with Crippen LogP contribution in [0, 0.1) is 20.8 Å². The van der Waals surface area contributed by atoms with Gasteiger partial charge >= 0.3 is 0 Å². The first-order valence-electron chi connectivity index (χ1n) is 8.66. The van der Waals surface area contributed by atoms with E-state index in [1.54, 1.807) is 0 Å².